The second-order valence-electron chi connectivity index (χ2n) is 1.46. The second kappa shape index (κ2) is 3.20. The number of nitrogens with one attached hydrogen (secondary N) is 1. The van der Waals surface area contributed by atoms with E-state index in [9.17, 15) is 0 Å². The van der Waals surface area contributed by atoms with E-state index in [1.54, 1.807) is 11.3 Å². The summed E-state index contributed by atoms with van der Waals surface area (Å²) in [5, 5.41) is 14.1. The van der Waals surface area contributed by atoms with E-state index in [1.165, 1.54) is 0 Å². The third-order valence-corrected chi connectivity index (χ3v) is 2.47. The highest BCUT2D eigenvalue weighted by Gasteiger charge is 1.92. The van der Waals surface area contributed by atoms with Gasteiger partial charge in [0.1, 0.15) is 6.73 Å². The third kappa shape index (κ3) is 1.97. The highest BCUT2D eigenvalue weighted by molar-refractivity contribution is 9.10. The number of hydrogen-bond donors (Lipinski definition) is 2. The van der Waals surface area contributed by atoms with Crippen LogP contribution in [0.3, 0.4) is 0 Å². The fraction of sp³-hybridized carbons (Fsp3) is 0.200. The Labute approximate surface area is 65.6 Å². The van der Waals surface area contributed by atoms with E-state index in [-0.39, 0.29) is 6.73 Å². The molecule has 0 spiro atoms. The quantitative estimate of drug-likeness (QED) is 0.727. The van der Waals surface area contributed by atoms with Crippen molar-refractivity contribution in [3.63, 3.8) is 0 Å². The Bertz CT molecular complexity index is 189. The van der Waals surface area contributed by atoms with Crippen LogP contribution in [0.25, 0.3) is 0 Å². The topological polar surface area (TPSA) is 32.3 Å². The van der Waals surface area contributed by atoms with Crippen molar-refractivity contribution in [3.8, 4) is 0 Å². The van der Waals surface area contributed by atoms with E-state index in [0.717, 1.165) is 9.47 Å². The molecule has 0 aliphatic heterocycles. The minimum atomic E-state index is -0.00699. The van der Waals surface area contributed by atoms with E-state index in [1.807, 2.05) is 11.4 Å². The van der Waals surface area contributed by atoms with Crippen LogP contribution in [0.5, 0.6) is 0 Å². The fourth-order valence-electron chi connectivity index (χ4n) is 0.484. The molecule has 9 heavy (non-hydrogen) atoms. The lowest BCUT2D eigenvalue weighted by molar-refractivity contribution is 0.326. The van der Waals surface area contributed by atoms with E-state index < -0.39 is 0 Å². The van der Waals surface area contributed by atoms with Gasteiger partial charge in [0.05, 0.1) is 5.00 Å². The van der Waals surface area contributed by atoms with E-state index in [0.29, 0.717) is 0 Å². The first-order chi connectivity index (χ1) is 4.33. The summed E-state index contributed by atoms with van der Waals surface area (Å²) in [4.78, 5) is 0. The molecule has 0 aromatic carbocycles. The molecule has 50 valence electrons. The van der Waals surface area contributed by atoms with Gasteiger partial charge in [-0.25, -0.2) is 0 Å². The molecule has 0 saturated carbocycles. The lowest BCUT2D eigenvalue weighted by atomic mass is 10.6. The van der Waals surface area contributed by atoms with Gasteiger partial charge in [0.15, 0.2) is 0 Å². The summed E-state index contributed by atoms with van der Waals surface area (Å²) in [7, 11) is 0. The zero-order chi connectivity index (χ0) is 6.69. The highest BCUT2D eigenvalue weighted by atomic mass is 79.9. The maximum atomic E-state index is 8.41. The molecule has 1 aromatic heterocycles. The van der Waals surface area contributed by atoms with Crippen molar-refractivity contribution >= 4 is 32.3 Å². The van der Waals surface area contributed by atoms with Crippen LogP contribution in [0, 0.1) is 0 Å². The Kier molecular flexibility index (Phi) is 2.50. The van der Waals surface area contributed by atoms with Crippen LogP contribution in [-0.2, 0) is 0 Å². The van der Waals surface area contributed by atoms with Crippen molar-refractivity contribution in [2.45, 2.75) is 0 Å². The first-order valence-corrected chi connectivity index (χ1v) is 4.09. The van der Waals surface area contributed by atoms with Crippen molar-refractivity contribution in [2.24, 2.45) is 0 Å². The number of aliphatic hydroxyl groups excluding tert-OH is 1. The van der Waals surface area contributed by atoms with Crippen molar-refractivity contribution in [2.75, 3.05) is 12.0 Å². The van der Waals surface area contributed by atoms with Gasteiger partial charge in [0.25, 0.3) is 0 Å². The van der Waals surface area contributed by atoms with E-state index in [2.05, 4.69) is 21.2 Å². The molecule has 1 rings (SSSR count). The van der Waals surface area contributed by atoms with Gasteiger partial charge in [-0.05, 0) is 22.0 Å². The van der Waals surface area contributed by atoms with Crippen molar-refractivity contribution in [3.05, 3.63) is 15.9 Å². The molecule has 4 heteroatoms. The summed E-state index contributed by atoms with van der Waals surface area (Å²) in [6.45, 7) is -0.00699. The first kappa shape index (κ1) is 7.05. The Morgan fingerprint density at radius 2 is 2.56 bits per heavy atom. The summed E-state index contributed by atoms with van der Waals surface area (Å²) in [6, 6.07) is 1.92. The molecule has 0 amide bonds. The minimum absolute atomic E-state index is 0.00699. The van der Waals surface area contributed by atoms with Gasteiger partial charge in [0.2, 0.25) is 0 Å². The summed E-state index contributed by atoms with van der Waals surface area (Å²) in [5.74, 6) is 0. The van der Waals surface area contributed by atoms with Gasteiger partial charge in [-0.15, -0.1) is 11.3 Å². The molecule has 0 atom stereocenters. The first-order valence-electron chi connectivity index (χ1n) is 2.41. The molecular formula is C5H6BrNOS. The summed E-state index contributed by atoms with van der Waals surface area (Å²) >= 11 is 4.85. The monoisotopic (exact) mass is 207 g/mol. The van der Waals surface area contributed by atoms with Crippen molar-refractivity contribution in [1.82, 2.24) is 0 Å². The maximum absolute atomic E-state index is 8.41. The molecule has 2 nitrogen and oxygen atoms in total. The number of anilines is 1. The molecule has 2 N–H and O–H groups in total. The molecule has 0 aliphatic rings. The van der Waals surface area contributed by atoms with Crippen molar-refractivity contribution in [1.29, 1.82) is 0 Å². The van der Waals surface area contributed by atoms with Crippen LogP contribution in [0.4, 0.5) is 5.00 Å². The number of halogens is 1. The van der Waals surface area contributed by atoms with Gasteiger partial charge in [-0.1, -0.05) is 0 Å². The van der Waals surface area contributed by atoms with E-state index in [4.69, 9.17) is 5.11 Å². The predicted octanol–water partition coefficient (Wildman–Crippen LogP) is 1.87. The molecular weight excluding hydrogens is 202 g/mol. The fourth-order valence-corrected chi connectivity index (χ4v) is 1.79. The molecule has 0 fully saturated rings. The summed E-state index contributed by atoms with van der Waals surface area (Å²) < 4.78 is 1.04. The SMILES string of the molecule is OCNc1cc(Br)cs1. The standard InChI is InChI=1S/C5H6BrNOS/c6-4-1-5(7-3-8)9-2-4/h1-2,7-8H,3H2. The Balaban J connectivity index is 2.61. The number of aliphatic hydroxyl groups is 1. The zero-order valence-corrected chi connectivity index (χ0v) is 7.00. The Hall–Kier alpha value is -0.0600. The van der Waals surface area contributed by atoms with Gasteiger partial charge in [-0.2, -0.15) is 0 Å². The maximum Gasteiger partial charge on any atom is 0.113 e. The number of rotatable bonds is 2. The van der Waals surface area contributed by atoms with Crippen LogP contribution in [0.15, 0.2) is 15.9 Å². The molecule has 0 bridgehead atoms. The largest absolute Gasteiger partial charge is 0.377 e. The van der Waals surface area contributed by atoms with Crippen LogP contribution in [-0.4, -0.2) is 11.8 Å². The minimum Gasteiger partial charge on any atom is -0.377 e. The molecule has 1 aromatic rings. The van der Waals surface area contributed by atoms with Crippen LogP contribution in [0.1, 0.15) is 0 Å². The number of hydrogen-bond acceptors (Lipinski definition) is 3. The molecule has 0 aliphatic carbocycles. The average molecular weight is 208 g/mol. The highest BCUT2D eigenvalue weighted by Crippen LogP contribution is 2.23. The van der Waals surface area contributed by atoms with Crippen LogP contribution >= 0.6 is 27.3 Å². The molecule has 0 unspecified atom stereocenters. The Morgan fingerprint density at radius 1 is 1.78 bits per heavy atom. The van der Waals surface area contributed by atoms with E-state index >= 15 is 0 Å². The average Bonchev–Trinajstić information content (AvgIpc) is 2.17. The lowest BCUT2D eigenvalue weighted by Gasteiger charge is -1.92. The summed E-state index contributed by atoms with van der Waals surface area (Å²) in [5.41, 5.74) is 0. The van der Waals surface area contributed by atoms with Gasteiger partial charge >= 0.3 is 0 Å². The van der Waals surface area contributed by atoms with Gasteiger partial charge in [0, 0.05) is 9.85 Å². The second-order valence-corrected chi connectivity index (χ2v) is 3.29. The normalized spacial score (nSPS) is 9.56. The third-order valence-electron chi connectivity index (χ3n) is 0.821. The molecule has 0 radical (unpaired) electrons. The lowest BCUT2D eigenvalue weighted by Crippen LogP contribution is -1.95. The predicted molar refractivity (Wildman–Crippen MR) is 42.7 cm³/mol. The molecule has 1 heterocycles. The van der Waals surface area contributed by atoms with Crippen LogP contribution in [0.2, 0.25) is 0 Å². The number of thiophene rings is 1. The van der Waals surface area contributed by atoms with Gasteiger partial charge < -0.3 is 10.4 Å². The van der Waals surface area contributed by atoms with Crippen LogP contribution < -0.4 is 5.32 Å². The van der Waals surface area contributed by atoms with Crippen molar-refractivity contribution < 1.29 is 5.11 Å². The zero-order valence-electron chi connectivity index (χ0n) is 4.60. The molecule has 0 saturated heterocycles. The van der Waals surface area contributed by atoms with Gasteiger partial charge in [-0.3, -0.25) is 0 Å². The smallest absolute Gasteiger partial charge is 0.113 e. The Morgan fingerprint density at radius 3 is 3.00 bits per heavy atom. The summed E-state index contributed by atoms with van der Waals surface area (Å²) in [6.07, 6.45) is 0.